The zero-order valence-corrected chi connectivity index (χ0v) is 12.3. The Labute approximate surface area is 136 Å². The van der Waals surface area contributed by atoms with Gasteiger partial charge >= 0.3 is 11.8 Å². The molecule has 0 saturated heterocycles. The van der Waals surface area contributed by atoms with E-state index in [1.54, 1.807) is 18.2 Å². The molecule has 24 heavy (non-hydrogen) atoms. The second-order valence-electron chi connectivity index (χ2n) is 4.75. The van der Waals surface area contributed by atoms with Crippen LogP contribution in [-0.4, -0.2) is 24.8 Å². The number of rotatable bonds is 3. The fourth-order valence-electron chi connectivity index (χ4n) is 1.95. The number of benzene rings is 2. The molecular weight excluding hydrogens is 317 g/mol. The number of fused-ring (bicyclic) bond motifs is 1. The predicted molar refractivity (Wildman–Crippen MR) is 83.3 cm³/mol. The van der Waals surface area contributed by atoms with Gasteiger partial charge in [0.25, 0.3) is 0 Å². The molecule has 2 N–H and O–H groups in total. The molecule has 1 aliphatic rings. The maximum Gasteiger partial charge on any atom is 0.329 e. The summed E-state index contributed by atoms with van der Waals surface area (Å²) in [6.45, 7) is 0.156. The van der Waals surface area contributed by atoms with Crippen molar-refractivity contribution in [2.75, 3.05) is 12.1 Å². The fourth-order valence-corrected chi connectivity index (χ4v) is 1.95. The van der Waals surface area contributed by atoms with E-state index in [9.17, 15) is 14.0 Å². The Balaban J connectivity index is 1.57. The van der Waals surface area contributed by atoms with E-state index < -0.39 is 17.6 Å². The van der Waals surface area contributed by atoms with Gasteiger partial charge in [-0.05, 0) is 35.9 Å². The fraction of sp³-hybridized carbons (Fsp3) is 0.0625. The summed E-state index contributed by atoms with van der Waals surface area (Å²) in [5, 5.41) is 5.83. The van der Waals surface area contributed by atoms with Crippen molar-refractivity contribution in [3.8, 4) is 11.5 Å². The largest absolute Gasteiger partial charge is 0.454 e. The van der Waals surface area contributed by atoms with Crippen molar-refractivity contribution in [1.82, 2.24) is 5.43 Å². The molecule has 1 heterocycles. The molecule has 8 heteroatoms. The number of halogens is 1. The molecule has 122 valence electrons. The molecule has 1 aliphatic heterocycles. The van der Waals surface area contributed by atoms with Gasteiger partial charge in [0.15, 0.2) is 11.5 Å². The molecule has 2 aromatic rings. The molecule has 0 bridgehead atoms. The molecule has 3 rings (SSSR count). The van der Waals surface area contributed by atoms with E-state index in [2.05, 4.69) is 15.8 Å². The van der Waals surface area contributed by atoms with Gasteiger partial charge < -0.3 is 14.8 Å². The number of nitrogens with zero attached hydrogens (tertiary/aromatic N) is 1. The average Bonchev–Trinajstić information content (AvgIpc) is 3.04. The molecule has 7 nitrogen and oxygen atoms in total. The van der Waals surface area contributed by atoms with Gasteiger partial charge in [-0.3, -0.25) is 9.59 Å². The van der Waals surface area contributed by atoms with Crippen LogP contribution in [-0.2, 0) is 9.59 Å². The van der Waals surface area contributed by atoms with Gasteiger partial charge in [0.05, 0.1) is 11.9 Å². The minimum Gasteiger partial charge on any atom is -0.454 e. The SMILES string of the molecule is O=C(N/N=C\c1ccc2c(c1)OCO2)C(=O)Nc1ccccc1F. The third kappa shape index (κ3) is 3.49. The summed E-state index contributed by atoms with van der Waals surface area (Å²) in [5.74, 6) is -1.48. The van der Waals surface area contributed by atoms with Crippen LogP contribution in [0.5, 0.6) is 11.5 Å². The van der Waals surface area contributed by atoms with Gasteiger partial charge in [-0.1, -0.05) is 12.1 Å². The highest BCUT2D eigenvalue weighted by molar-refractivity contribution is 6.39. The summed E-state index contributed by atoms with van der Waals surface area (Å²) in [7, 11) is 0. The molecule has 0 radical (unpaired) electrons. The van der Waals surface area contributed by atoms with Crippen molar-refractivity contribution in [1.29, 1.82) is 0 Å². The summed E-state index contributed by atoms with van der Waals surface area (Å²) >= 11 is 0. The summed E-state index contributed by atoms with van der Waals surface area (Å²) < 4.78 is 23.8. The van der Waals surface area contributed by atoms with E-state index in [1.807, 2.05) is 0 Å². The van der Waals surface area contributed by atoms with Crippen LogP contribution >= 0.6 is 0 Å². The lowest BCUT2D eigenvalue weighted by Gasteiger charge is -2.04. The Hall–Kier alpha value is -3.42. The third-order valence-corrected chi connectivity index (χ3v) is 3.10. The quantitative estimate of drug-likeness (QED) is 0.509. The molecule has 2 aromatic carbocycles. The highest BCUT2D eigenvalue weighted by atomic mass is 19.1. The zero-order valence-electron chi connectivity index (χ0n) is 12.3. The molecule has 0 unspecified atom stereocenters. The van der Waals surface area contributed by atoms with E-state index in [0.29, 0.717) is 17.1 Å². The van der Waals surface area contributed by atoms with Crippen LogP contribution in [0.2, 0.25) is 0 Å². The number of nitrogens with one attached hydrogen (secondary N) is 2. The van der Waals surface area contributed by atoms with Gasteiger partial charge in [0, 0.05) is 0 Å². The van der Waals surface area contributed by atoms with Crippen molar-refractivity contribution in [3.63, 3.8) is 0 Å². The highest BCUT2D eigenvalue weighted by Crippen LogP contribution is 2.31. The lowest BCUT2D eigenvalue weighted by Crippen LogP contribution is -2.32. The number of hydrogen-bond acceptors (Lipinski definition) is 5. The highest BCUT2D eigenvalue weighted by Gasteiger charge is 2.15. The van der Waals surface area contributed by atoms with Gasteiger partial charge in [-0.15, -0.1) is 0 Å². The normalized spacial score (nSPS) is 12.2. The second kappa shape index (κ2) is 6.78. The second-order valence-corrected chi connectivity index (χ2v) is 4.75. The number of hydrogen-bond donors (Lipinski definition) is 2. The van der Waals surface area contributed by atoms with E-state index in [1.165, 1.54) is 30.5 Å². The van der Waals surface area contributed by atoms with Crippen molar-refractivity contribution in [2.45, 2.75) is 0 Å². The van der Waals surface area contributed by atoms with Crippen LogP contribution in [0.4, 0.5) is 10.1 Å². The van der Waals surface area contributed by atoms with Gasteiger partial charge in [-0.25, -0.2) is 9.82 Å². The van der Waals surface area contributed by atoms with Crippen molar-refractivity contribution in [2.24, 2.45) is 5.10 Å². The van der Waals surface area contributed by atoms with Crippen LogP contribution in [0.3, 0.4) is 0 Å². The first kappa shape index (κ1) is 15.5. The standard InChI is InChI=1S/C16H12FN3O4/c17-11-3-1-2-4-12(11)19-15(21)16(22)20-18-8-10-5-6-13-14(7-10)24-9-23-13/h1-8H,9H2,(H,19,21)(H,20,22)/b18-8-. The maximum atomic E-state index is 13.4. The minimum atomic E-state index is -1.03. The van der Waals surface area contributed by atoms with E-state index in [-0.39, 0.29) is 12.5 Å². The monoisotopic (exact) mass is 329 g/mol. The van der Waals surface area contributed by atoms with Crippen LogP contribution in [0.15, 0.2) is 47.6 Å². The van der Waals surface area contributed by atoms with E-state index in [4.69, 9.17) is 9.47 Å². The molecular formula is C16H12FN3O4. The molecule has 0 aromatic heterocycles. The smallest absolute Gasteiger partial charge is 0.329 e. The van der Waals surface area contributed by atoms with Gasteiger partial charge in [0.1, 0.15) is 5.82 Å². The molecule has 2 amide bonds. The molecule has 0 atom stereocenters. The molecule has 0 aliphatic carbocycles. The first-order chi connectivity index (χ1) is 11.6. The van der Waals surface area contributed by atoms with Crippen molar-refractivity contribution in [3.05, 3.63) is 53.8 Å². The Morgan fingerprint density at radius 2 is 1.88 bits per heavy atom. The van der Waals surface area contributed by atoms with Crippen LogP contribution in [0, 0.1) is 5.82 Å². The van der Waals surface area contributed by atoms with Crippen LogP contribution in [0.1, 0.15) is 5.56 Å². The topological polar surface area (TPSA) is 89.0 Å². The number of hydrazone groups is 1. The van der Waals surface area contributed by atoms with E-state index in [0.717, 1.165) is 0 Å². The lowest BCUT2D eigenvalue weighted by atomic mass is 10.2. The zero-order chi connectivity index (χ0) is 16.9. The van der Waals surface area contributed by atoms with Gasteiger partial charge in [0.2, 0.25) is 6.79 Å². The summed E-state index contributed by atoms with van der Waals surface area (Å²) in [4.78, 5) is 23.3. The summed E-state index contributed by atoms with van der Waals surface area (Å²) in [6, 6.07) is 10.6. The first-order valence-corrected chi connectivity index (χ1v) is 6.92. The number of carbonyl (C=O) groups excluding carboxylic acids is 2. The predicted octanol–water partition coefficient (Wildman–Crippen LogP) is 1.64. The Bertz CT molecular complexity index is 823. The Morgan fingerprint density at radius 1 is 1.08 bits per heavy atom. The summed E-state index contributed by atoms with van der Waals surface area (Å²) in [6.07, 6.45) is 1.34. The third-order valence-electron chi connectivity index (χ3n) is 3.10. The Kier molecular flexibility index (Phi) is 4.37. The van der Waals surface area contributed by atoms with Crippen molar-refractivity contribution >= 4 is 23.7 Å². The summed E-state index contributed by atoms with van der Waals surface area (Å²) in [5.41, 5.74) is 2.62. The first-order valence-electron chi connectivity index (χ1n) is 6.92. The maximum absolute atomic E-state index is 13.4. The number of carbonyl (C=O) groups is 2. The van der Waals surface area contributed by atoms with Crippen LogP contribution < -0.4 is 20.2 Å². The number of ether oxygens (including phenoxy) is 2. The van der Waals surface area contributed by atoms with Crippen molar-refractivity contribution < 1.29 is 23.5 Å². The molecule has 0 saturated carbocycles. The number of anilines is 1. The van der Waals surface area contributed by atoms with E-state index >= 15 is 0 Å². The van der Waals surface area contributed by atoms with Crippen LogP contribution in [0.25, 0.3) is 0 Å². The Morgan fingerprint density at radius 3 is 2.71 bits per heavy atom. The number of amides is 2. The molecule has 0 spiro atoms. The lowest BCUT2D eigenvalue weighted by molar-refractivity contribution is -0.136. The minimum absolute atomic E-state index is 0.0857. The average molecular weight is 329 g/mol. The number of para-hydroxylation sites is 1. The molecule has 0 fully saturated rings. The van der Waals surface area contributed by atoms with Gasteiger partial charge in [-0.2, -0.15) is 5.10 Å².